The highest BCUT2D eigenvalue weighted by Crippen LogP contribution is 2.30. The zero-order valence-electron chi connectivity index (χ0n) is 9.34. The number of hydrogen-bond donors (Lipinski definition) is 0. The lowest BCUT2D eigenvalue weighted by Gasteiger charge is -2.11. The van der Waals surface area contributed by atoms with E-state index in [0.29, 0.717) is 0 Å². The molecule has 0 aromatic heterocycles. The van der Waals surface area contributed by atoms with E-state index in [1.54, 1.807) is 0 Å². The summed E-state index contributed by atoms with van der Waals surface area (Å²) in [6, 6.07) is 14.4. The lowest BCUT2D eigenvalue weighted by Crippen LogP contribution is -1.96. The standard InChI is InChI=1S/C14H10Br3Cl/c15-11-3-1-2-9(4-11)5-14(18)10-6-12(16)8-13(17)7-10/h1-4,6-8,14H,5H2. The van der Waals surface area contributed by atoms with Crippen LogP contribution in [-0.4, -0.2) is 0 Å². The number of alkyl halides is 1. The highest BCUT2D eigenvalue weighted by molar-refractivity contribution is 9.11. The summed E-state index contributed by atoms with van der Waals surface area (Å²) in [5.41, 5.74) is 2.33. The molecule has 0 bridgehead atoms. The van der Waals surface area contributed by atoms with Gasteiger partial charge in [-0.15, -0.1) is 11.6 Å². The van der Waals surface area contributed by atoms with Gasteiger partial charge in [-0.3, -0.25) is 0 Å². The van der Waals surface area contributed by atoms with Crippen LogP contribution >= 0.6 is 59.4 Å². The summed E-state index contributed by atoms with van der Waals surface area (Å²) in [6.45, 7) is 0. The van der Waals surface area contributed by atoms with Crippen LogP contribution in [0.5, 0.6) is 0 Å². The van der Waals surface area contributed by atoms with Gasteiger partial charge in [-0.2, -0.15) is 0 Å². The second kappa shape index (κ2) is 6.56. The minimum absolute atomic E-state index is 0.0342. The Kier molecular flexibility index (Phi) is 5.31. The normalized spacial score (nSPS) is 12.4. The van der Waals surface area contributed by atoms with Gasteiger partial charge in [0.2, 0.25) is 0 Å². The van der Waals surface area contributed by atoms with Gasteiger partial charge in [0.25, 0.3) is 0 Å². The molecule has 0 radical (unpaired) electrons. The molecule has 0 spiro atoms. The topological polar surface area (TPSA) is 0 Å². The number of halogens is 4. The summed E-state index contributed by atoms with van der Waals surface area (Å²) in [6.07, 6.45) is 0.809. The fourth-order valence-corrected chi connectivity index (χ4v) is 3.82. The van der Waals surface area contributed by atoms with Crippen molar-refractivity contribution in [3.8, 4) is 0 Å². The molecule has 0 nitrogen and oxygen atoms in total. The molecule has 1 unspecified atom stereocenters. The molecule has 2 aromatic carbocycles. The van der Waals surface area contributed by atoms with Gasteiger partial charge in [-0.1, -0.05) is 59.9 Å². The van der Waals surface area contributed by atoms with Gasteiger partial charge in [-0.25, -0.2) is 0 Å². The lowest BCUT2D eigenvalue weighted by molar-refractivity contribution is 0.917. The fraction of sp³-hybridized carbons (Fsp3) is 0.143. The number of hydrogen-bond acceptors (Lipinski definition) is 0. The van der Waals surface area contributed by atoms with E-state index >= 15 is 0 Å². The Labute approximate surface area is 137 Å². The van der Waals surface area contributed by atoms with Crippen molar-refractivity contribution in [2.75, 3.05) is 0 Å². The van der Waals surface area contributed by atoms with Crippen LogP contribution in [0.2, 0.25) is 0 Å². The Morgan fingerprint density at radius 3 is 2.17 bits per heavy atom. The summed E-state index contributed by atoms with van der Waals surface area (Å²) in [4.78, 5) is 0. The minimum Gasteiger partial charge on any atom is -0.117 e. The fourth-order valence-electron chi connectivity index (χ4n) is 1.74. The van der Waals surface area contributed by atoms with Crippen molar-refractivity contribution in [1.82, 2.24) is 0 Å². The Morgan fingerprint density at radius 1 is 0.889 bits per heavy atom. The second-order valence-corrected chi connectivity index (χ2v) is 7.28. The van der Waals surface area contributed by atoms with Gasteiger partial charge in [-0.05, 0) is 47.9 Å². The zero-order chi connectivity index (χ0) is 13.1. The van der Waals surface area contributed by atoms with Crippen LogP contribution in [0, 0.1) is 0 Å². The molecule has 0 amide bonds. The number of benzene rings is 2. The highest BCUT2D eigenvalue weighted by Gasteiger charge is 2.10. The van der Waals surface area contributed by atoms with Crippen molar-refractivity contribution in [1.29, 1.82) is 0 Å². The van der Waals surface area contributed by atoms with Crippen molar-refractivity contribution in [2.24, 2.45) is 0 Å². The molecule has 2 rings (SSSR count). The van der Waals surface area contributed by atoms with Crippen molar-refractivity contribution in [3.63, 3.8) is 0 Å². The Bertz CT molecular complexity index is 534. The maximum Gasteiger partial charge on any atom is 0.0626 e. The van der Waals surface area contributed by atoms with E-state index in [2.05, 4.69) is 72.1 Å². The van der Waals surface area contributed by atoms with Crippen molar-refractivity contribution >= 4 is 59.4 Å². The highest BCUT2D eigenvalue weighted by atomic mass is 79.9. The predicted octanol–water partition coefficient (Wildman–Crippen LogP) is 6.50. The molecule has 94 valence electrons. The largest absolute Gasteiger partial charge is 0.117 e. The van der Waals surface area contributed by atoms with Gasteiger partial charge in [0.15, 0.2) is 0 Å². The van der Waals surface area contributed by atoms with Gasteiger partial charge in [0.05, 0.1) is 5.38 Å². The quantitative estimate of drug-likeness (QED) is 0.466. The van der Waals surface area contributed by atoms with E-state index in [9.17, 15) is 0 Å². The molecule has 0 N–H and O–H groups in total. The summed E-state index contributed by atoms with van der Waals surface area (Å²) in [5.74, 6) is 0. The molecular weight excluding hydrogens is 443 g/mol. The van der Waals surface area contributed by atoms with Crippen LogP contribution in [-0.2, 0) is 6.42 Å². The molecule has 0 saturated carbocycles. The van der Waals surface area contributed by atoms with Crippen LogP contribution in [0.25, 0.3) is 0 Å². The monoisotopic (exact) mass is 450 g/mol. The smallest absolute Gasteiger partial charge is 0.0626 e. The Hall–Kier alpha value is 0.170. The van der Waals surface area contributed by atoms with Crippen LogP contribution in [0.15, 0.2) is 55.9 Å². The molecule has 0 aliphatic carbocycles. The van der Waals surface area contributed by atoms with E-state index in [-0.39, 0.29) is 5.38 Å². The van der Waals surface area contributed by atoms with Crippen molar-refractivity contribution in [2.45, 2.75) is 11.8 Å². The van der Waals surface area contributed by atoms with Gasteiger partial charge in [0.1, 0.15) is 0 Å². The Morgan fingerprint density at radius 2 is 1.56 bits per heavy atom. The van der Waals surface area contributed by atoms with Crippen LogP contribution in [0.1, 0.15) is 16.5 Å². The summed E-state index contributed by atoms with van der Waals surface area (Å²) in [5, 5.41) is -0.0342. The third kappa shape index (κ3) is 4.09. The maximum absolute atomic E-state index is 6.48. The average molecular weight is 453 g/mol. The molecule has 1 atom stereocenters. The zero-order valence-corrected chi connectivity index (χ0v) is 14.9. The summed E-state index contributed by atoms with van der Waals surface area (Å²) in [7, 11) is 0. The minimum atomic E-state index is -0.0342. The first-order valence-corrected chi connectivity index (χ1v) is 8.20. The van der Waals surface area contributed by atoms with E-state index < -0.39 is 0 Å². The number of rotatable bonds is 3. The third-order valence-corrected chi connectivity index (χ3v) is 4.37. The van der Waals surface area contributed by atoms with E-state index in [1.165, 1.54) is 5.56 Å². The maximum atomic E-state index is 6.48. The first-order chi connectivity index (χ1) is 8.54. The van der Waals surface area contributed by atoms with E-state index in [4.69, 9.17) is 11.6 Å². The third-order valence-electron chi connectivity index (χ3n) is 2.55. The summed E-state index contributed by atoms with van der Waals surface area (Å²) >= 11 is 16.9. The molecule has 2 aromatic rings. The molecule has 0 aliphatic heterocycles. The average Bonchev–Trinajstić information content (AvgIpc) is 2.27. The summed E-state index contributed by atoms with van der Waals surface area (Å²) < 4.78 is 3.15. The Balaban J connectivity index is 2.19. The van der Waals surface area contributed by atoms with Crippen LogP contribution < -0.4 is 0 Å². The molecular formula is C14H10Br3Cl. The molecule has 0 aliphatic rings. The first-order valence-electron chi connectivity index (χ1n) is 5.39. The molecule has 4 heteroatoms. The van der Waals surface area contributed by atoms with Crippen molar-refractivity contribution in [3.05, 3.63) is 67.0 Å². The predicted molar refractivity (Wildman–Crippen MR) is 88.3 cm³/mol. The molecule has 0 saturated heterocycles. The lowest BCUT2D eigenvalue weighted by atomic mass is 10.0. The first kappa shape index (κ1) is 14.6. The van der Waals surface area contributed by atoms with Crippen LogP contribution in [0.3, 0.4) is 0 Å². The van der Waals surface area contributed by atoms with Crippen molar-refractivity contribution < 1.29 is 0 Å². The van der Waals surface area contributed by atoms with E-state index in [0.717, 1.165) is 25.4 Å². The van der Waals surface area contributed by atoms with Gasteiger partial charge in [0, 0.05) is 13.4 Å². The van der Waals surface area contributed by atoms with Crippen LogP contribution in [0.4, 0.5) is 0 Å². The van der Waals surface area contributed by atoms with E-state index in [1.807, 2.05) is 18.2 Å². The molecule has 0 heterocycles. The SMILES string of the molecule is ClC(Cc1cccc(Br)c1)c1cc(Br)cc(Br)c1. The molecule has 0 fully saturated rings. The molecule has 18 heavy (non-hydrogen) atoms. The van der Waals surface area contributed by atoms with Gasteiger partial charge >= 0.3 is 0 Å². The second-order valence-electron chi connectivity index (χ2n) is 4.00. The van der Waals surface area contributed by atoms with Gasteiger partial charge < -0.3 is 0 Å².